The number of halogens is 1. The predicted molar refractivity (Wildman–Crippen MR) is 225 cm³/mol. The van der Waals surface area contributed by atoms with Crippen molar-refractivity contribution >= 4 is 5.91 Å². The molecule has 1 N–H and O–H groups in total. The Morgan fingerprint density at radius 3 is 1.65 bits per heavy atom. The summed E-state index contributed by atoms with van der Waals surface area (Å²) < 4.78 is 4.22. The van der Waals surface area contributed by atoms with Gasteiger partial charge in [0, 0.05) is 17.5 Å². The zero-order valence-electron chi connectivity index (χ0n) is 32.2. The Kier molecular flexibility index (Phi) is 12.0. The summed E-state index contributed by atoms with van der Waals surface area (Å²) in [5, 5.41) is 9.22. The van der Waals surface area contributed by atoms with E-state index in [4.69, 9.17) is 5.21 Å². The summed E-state index contributed by atoms with van der Waals surface area (Å²) >= 11 is 0. The minimum atomic E-state index is -1.07. The van der Waals surface area contributed by atoms with E-state index in [2.05, 4.69) is 173 Å². The van der Waals surface area contributed by atoms with Crippen LogP contribution in [0.4, 0.5) is 0 Å². The maximum absolute atomic E-state index is 14.9. The first kappa shape index (κ1) is 38.9. The van der Waals surface area contributed by atoms with Gasteiger partial charge in [0.25, 0.3) is 5.91 Å². The van der Waals surface area contributed by atoms with Crippen molar-refractivity contribution in [2.24, 2.45) is 0 Å². The van der Waals surface area contributed by atoms with Crippen LogP contribution in [0.3, 0.4) is 0 Å². The van der Waals surface area contributed by atoms with E-state index >= 15 is 0 Å². The Hall–Kier alpha value is -6.37. The number of aryl methyl sites for hydroxylation is 2. The normalized spacial score (nSPS) is 11.7. The molecular formula is C51H45BrN4O. The number of benzene rings is 7. The summed E-state index contributed by atoms with van der Waals surface area (Å²) in [5.74, 6) is -0.151. The van der Waals surface area contributed by atoms with Crippen molar-refractivity contribution in [3.05, 3.63) is 239 Å². The molecule has 5 nitrogen and oxygen atoms in total. The topological polar surface area (TPSA) is 50.8 Å². The molecule has 0 aliphatic rings. The molecule has 1 atom stereocenters. The number of hydrogen-bond acceptors (Lipinski definition) is 2. The highest BCUT2D eigenvalue weighted by molar-refractivity contribution is 5.95. The number of nitrogens with zero attached hydrogens (tertiary/aromatic N) is 3. The van der Waals surface area contributed by atoms with Gasteiger partial charge in [-0.15, -0.1) is 9.36 Å². The molecular weight excluding hydrogens is 764 g/mol. The van der Waals surface area contributed by atoms with Crippen molar-refractivity contribution in [1.82, 2.24) is 15.2 Å². The first-order valence-corrected chi connectivity index (χ1v) is 19.2. The average molecular weight is 810 g/mol. The van der Waals surface area contributed by atoms with E-state index in [-0.39, 0.29) is 22.9 Å². The zero-order chi connectivity index (χ0) is 38.3. The second-order valence-electron chi connectivity index (χ2n) is 14.5. The quantitative estimate of drug-likeness (QED) is 0.132. The van der Waals surface area contributed by atoms with Gasteiger partial charge in [0.1, 0.15) is 12.1 Å². The Morgan fingerprint density at radius 1 is 0.614 bits per heavy atom. The summed E-state index contributed by atoms with van der Waals surface area (Å²) in [6.07, 6.45) is 2.76. The third-order valence-corrected chi connectivity index (χ3v) is 10.6. The summed E-state index contributed by atoms with van der Waals surface area (Å²) in [5.41, 5.74) is 10.1. The van der Waals surface area contributed by atoms with Crippen LogP contribution in [0, 0.1) is 13.8 Å². The van der Waals surface area contributed by atoms with E-state index in [1.165, 1.54) is 0 Å². The van der Waals surface area contributed by atoms with Crippen LogP contribution in [0.5, 0.6) is 0 Å². The molecule has 0 bridgehead atoms. The average Bonchev–Trinajstić information content (AvgIpc) is 3.66. The van der Waals surface area contributed by atoms with E-state index in [0.717, 1.165) is 55.8 Å². The van der Waals surface area contributed by atoms with Gasteiger partial charge in [-0.05, 0) is 65.4 Å². The number of nitrogens with one attached hydrogen (secondary N) is 1. The molecule has 0 spiro atoms. The second kappa shape index (κ2) is 17.6. The first-order chi connectivity index (χ1) is 27.5. The fourth-order valence-corrected chi connectivity index (χ4v) is 8.02. The van der Waals surface area contributed by atoms with Gasteiger partial charge >= 0.3 is 0 Å². The van der Waals surface area contributed by atoms with Crippen molar-refractivity contribution in [2.45, 2.75) is 38.4 Å². The molecule has 57 heavy (non-hydrogen) atoms. The van der Waals surface area contributed by atoms with Crippen LogP contribution in [-0.4, -0.2) is 15.8 Å². The number of carbonyl (C=O) groups is 1. The van der Waals surface area contributed by atoms with Crippen LogP contribution in [0.25, 0.3) is 22.4 Å². The lowest BCUT2D eigenvalue weighted by molar-refractivity contribution is -0.785. The molecule has 1 aromatic heterocycles. The fraction of sp³-hybridized carbons (Fsp3) is 0.118. The first-order valence-electron chi connectivity index (χ1n) is 19.2. The molecule has 282 valence electrons. The monoisotopic (exact) mass is 808 g/mol. The van der Waals surface area contributed by atoms with Crippen molar-refractivity contribution in [2.75, 3.05) is 0 Å². The van der Waals surface area contributed by atoms with E-state index in [0.29, 0.717) is 18.5 Å². The van der Waals surface area contributed by atoms with E-state index in [9.17, 15) is 4.79 Å². The number of hydrogen-bond donors (Lipinski definition) is 1. The van der Waals surface area contributed by atoms with Crippen LogP contribution in [0.2, 0.25) is 0 Å². The smallest absolute Gasteiger partial charge is 0.252 e. The minimum Gasteiger partial charge on any atom is -1.00 e. The van der Waals surface area contributed by atoms with Crippen LogP contribution in [0.15, 0.2) is 200 Å². The van der Waals surface area contributed by atoms with E-state index in [1.54, 1.807) is 0 Å². The number of carbonyl (C=O) groups excluding carboxylic acids is 1. The standard InChI is InChI=1S/C51H44N4O.BrH/c1-38-32-39(2)34-43(33-38)50(56)52-51(44-26-14-6-15-27-44,45-28-16-7-17-29-45)49(35-40-20-8-3-9-21-40)55-37-48(54(53-55)36-41-22-10-4-11-23-41)47-31-19-18-30-46(47)42-24-12-5-13-25-42;/h3-34,37,49H,35-36H2,1-2H3;1H/t49-;/m0./s1. The maximum atomic E-state index is 14.9. The Morgan fingerprint density at radius 2 is 1.09 bits per heavy atom. The molecule has 7 aromatic carbocycles. The lowest BCUT2D eigenvalue weighted by atomic mass is 9.74. The highest BCUT2D eigenvalue weighted by Gasteiger charge is 2.49. The number of aromatic nitrogens is 3. The lowest BCUT2D eigenvalue weighted by Crippen LogP contribution is -3.00. The summed E-state index contributed by atoms with van der Waals surface area (Å²) in [6.45, 7) is 4.63. The van der Waals surface area contributed by atoms with Crippen LogP contribution in [0.1, 0.15) is 49.8 Å². The second-order valence-corrected chi connectivity index (χ2v) is 14.5. The number of amides is 1. The minimum absolute atomic E-state index is 0. The lowest BCUT2D eigenvalue weighted by Gasteiger charge is -2.40. The molecule has 8 rings (SSSR count). The van der Waals surface area contributed by atoms with Gasteiger partial charge in [-0.25, -0.2) is 0 Å². The van der Waals surface area contributed by atoms with Gasteiger partial charge in [0.05, 0.1) is 5.21 Å². The van der Waals surface area contributed by atoms with Crippen molar-refractivity contribution in [1.29, 1.82) is 0 Å². The van der Waals surface area contributed by atoms with Gasteiger partial charge in [-0.3, -0.25) is 4.79 Å². The predicted octanol–water partition coefficient (Wildman–Crippen LogP) is 7.33. The fourth-order valence-electron chi connectivity index (χ4n) is 8.02. The molecule has 0 saturated heterocycles. The van der Waals surface area contributed by atoms with Gasteiger partial charge in [-0.1, -0.05) is 187 Å². The molecule has 1 heterocycles. The highest BCUT2D eigenvalue weighted by Crippen LogP contribution is 2.41. The largest absolute Gasteiger partial charge is 1.00 e. The van der Waals surface area contributed by atoms with Crippen molar-refractivity contribution in [3.8, 4) is 22.4 Å². The highest BCUT2D eigenvalue weighted by atomic mass is 79.9. The third-order valence-electron chi connectivity index (χ3n) is 10.6. The Bertz CT molecular complexity index is 2480. The van der Waals surface area contributed by atoms with Crippen molar-refractivity contribution < 1.29 is 26.5 Å². The van der Waals surface area contributed by atoms with Crippen LogP contribution in [-0.2, 0) is 18.5 Å². The van der Waals surface area contributed by atoms with E-state index in [1.807, 2.05) is 56.3 Å². The van der Waals surface area contributed by atoms with Gasteiger partial charge in [-0.2, -0.15) is 0 Å². The summed E-state index contributed by atoms with van der Waals surface area (Å²) in [7, 11) is 0. The maximum Gasteiger partial charge on any atom is 0.252 e. The molecule has 0 unspecified atom stereocenters. The molecule has 0 aliphatic heterocycles. The summed E-state index contributed by atoms with van der Waals surface area (Å²) in [6, 6.07) is 66.4. The molecule has 8 aromatic rings. The third kappa shape index (κ3) is 8.42. The number of rotatable bonds is 12. The molecule has 0 fully saturated rings. The Balaban J connectivity index is 0.00000496. The molecule has 0 radical (unpaired) electrons. The van der Waals surface area contributed by atoms with Crippen LogP contribution < -0.4 is 27.0 Å². The van der Waals surface area contributed by atoms with Crippen molar-refractivity contribution in [3.63, 3.8) is 0 Å². The molecule has 0 saturated carbocycles. The van der Waals surface area contributed by atoms with E-state index < -0.39 is 11.6 Å². The van der Waals surface area contributed by atoms with Gasteiger partial charge in [0.2, 0.25) is 0 Å². The molecule has 6 heteroatoms. The van der Waals surface area contributed by atoms with Gasteiger partial charge in [0.15, 0.2) is 17.9 Å². The zero-order valence-corrected chi connectivity index (χ0v) is 33.8. The molecule has 0 aliphatic carbocycles. The van der Waals surface area contributed by atoms with Gasteiger partial charge < -0.3 is 22.3 Å². The van der Waals surface area contributed by atoms with Crippen LogP contribution >= 0.6 is 0 Å². The Labute approximate surface area is 346 Å². The molecule has 1 amide bonds. The SMILES string of the molecule is Cc1cc(C)cc(C(=O)NC(c2ccccc2)(c2ccccc2)[C@H](Cc2ccccc2)[n+]2cc(-c3ccccc3-c3ccccc3)n(Cc3ccccc3)n2)c1.[Br-]. The summed E-state index contributed by atoms with van der Waals surface area (Å²) in [4.78, 5) is 14.9.